The van der Waals surface area contributed by atoms with Gasteiger partial charge < -0.3 is 4.90 Å². The number of hydrogen-bond acceptors (Lipinski definition) is 7. The summed E-state index contributed by atoms with van der Waals surface area (Å²) in [5, 5.41) is 11.9. The second-order valence-corrected chi connectivity index (χ2v) is 11.7. The average Bonchev–Trinajstić information content (AvgIpc) is 3.53. The number of aromatic nitrogens is 1. The van der Waals surface area contributed by atoms with Gasteiger partial charge in [0.2, 0.25) is 5.91 Å². The minimum absolute atomic E-state index is 0.104. The van der Waals surface area contributed by atoms with Gasteiger partial charge in [0.05, 0.1) is 27.2 Å². The van der Waals surface area contributed by atoms with Crippen LogP contribution in [0.3, 0.4) is 0 Å². The highest BCUT2D eigenvalue weighted by Crippen LogP contribution is 2.35. The fourth-order valence-electron chi connectivity index (χ4n) is 5.81. The summed E-state index contributed by atoms with van der Waals surface area (Å²) in [4.78, 5) is 58.9. The van der Waals surface area contributed by atoms with Gasteiger partial charge in [-0.05, 0) is 73.9 Å². The first-order valence-corrected chi connectivity index (χ1v) is 14.5. The molecule has 1 aromatic heterocycles. The molecule has 6 rings (SSSR count). The molecular formula is C31H28N4O5S. The van der Waals surface area contributed by atoms with Crippen LogP contribution in [-0.4, -0.2) is 44.6 Å². The van der Waals surface area contributed by atoms with Gasteiger partial charge in [-0.15, -0.1) is 11.3 Å². The normalized spacial score (nSPS) is 17.8. The molecule has 208 valence electrons. The molecule has 4 aromatic rings. The molecule has 1 saturated carbocycles. The summed E-state index contributed by atoms with van der Waals surface area (Å²) < 4.78 is 1.09. The van der Waals surface area contributed by atoms with Crippen LogP contribution in [0, 0.1) is 17.0 Å². The number of nitrogens with zero attached hydrogens (tertiary/aromatic N) is 4. The largest absolute Gasteiger partial charge is 0.323 e. The van der Waals surface area contributed by atoms with E-state index in [9.17, 15) is 24.5 Å². The zero-order chi connectivity index (χ0) is 28.7. The van der Waals surface area contributed by atoms with E-state index in [-0.39, 0.29) is 35.5 Å². The molecule has 3 amide bonds. The van der Waals surface area contributed by atoms with E-state index in [2.05, 4.69) is 6.07 Å². The molecular weight excluding hydrogens is 540 g/mol. The number of hydrogen-bond donors (Lipinski definition) is 0. The monoisotopic (exact) mass is 568 g/mol. The lowest BCUT2D eigenvalue weighted by atomic mass is 9.92. The molecule has 3 aromatic carbocycles. The Hall–Kier alpha value is -4.44. The highest BCUT2D eigenvalue weighted by molar-refractivity contribution is 7.21. The first kappa shape index (κ1) is 26.8. The summed E-state index contributed by atoms with van der Waals surface area (Å²) in [5.41, 5.74) is 3.57. The van der Waals surface area contributed by atoms with Crippen molar-refractivity contribution in [1.29, 1.82) is 0 Å². The van der Waals surface area contributed by atoms with E-state index < -0.39 is 16.9 Å². The van der Waals surface area contributed by atoms with Crippen LogP contribution < -0.4 is 4.90 Å². The fourth-order valence-corrected chi connectivity index (χ4v) is 6.88. The number of imide groups is 1. The number of aryl methyl sites for hydroxylation is 1. The molecule has 10 heteroatoms. The van der Waals surface area contributed by atoms with Crippen molar-refractivity contribution in [3.63, 3.8) is 0 Å². The van der Waals surface area contributed by atoms with E-state index in [0.29, 0.717) is 5.69 Å². The third-order valence-electron chi connectivity index (χ3n) is 7.90. The molecule has 1 aliphatic carbocycles. The lowest BCUT2D eigenvalue weighted by Gasteiger charge is -2.37. The van der Waals surface area contributed by atoms with E-state index in [1.54, 1.807) is 28.4 Å². The number of nitro groups is 1. The molecule has 1 aliphatic heterocycles. The lowest BCUT2D eigenvalue weighted by Crippen LogP contribution is -2.51. The Morgan fingerprint density at radius 3 is 2.39 bits per heavy atom. The van der Waals surface area contributed by atoms with Gasteiger partial charge in [0.1, 0.15) is 11.0 Å². The van der Waals surface area contributed by atoms with Crippen molar-refractivity contribution in [3.8, 4) is 10.6 Å². The predicted octanol–water partition coefficient (Wildman–Crippen LogP) is 6.29. The number of carbonyl (C=O) groups excluding carboxylic acids is 3. The van der Waals surface area contributed by atoms with Crippen molar-refractivity contribution in [3.05, 3.63) is 88.0 Å². The zero-order valence-corrected chi connectivity index (χ0v) is 23.3. The second-order valence-electron chi connectivity index (χ2n) is 10.6. The van der Waals surface area contributed by atoms with Crippen LogP contribution >= 0.6 is 11.3 Å². The lowest BCUT2D eigenvalue weighted by molar-refractivity contribution is -0.384. The Morgan fingerprint density at radius 2 is 1.71 bits per heavy atom. The van der Waals surface area contributed by atoms with Gasteiger partial charge in [0, 0.05) is 29.3 Å². The second kappa shape index (κ2) is 10.9. The number of thiazole rings is 1. The highest BCUT2D eigenvalue weighted by Gasteiger charge is 2.46. The maximum absolute atomic E-state index is 13.8. The van der Waals surface area contributed by atoms with E-state index in [4.69, 9.17) is 4.98 Å². The Balaban J connectivity index is 1.27. The molecule has 2 fully saturated rings. The molecule has 41 heavy (non-hydrogen) atoms. The van der Waals surface area contributed by atoms with Crippen molar-refractivity contribution >= 4 is 50.6 Å². The Morgan fingerprint density at radius 1 is 1.00 bits per heavy atom. The van der Waals surface area contributed by atoms with Gasteiger partial charge in [0.15, 0.2) is 0 Å². The average molecular weight is 569 g/mol. The topological polar surface area (TPSA) is 114 Å². The van der Waals surface area contributed by atoms with Gasteiger partial charge in [-0.3, -0.25) is 24.5 Å². The molecule has 9 nitrogen and oxygen atoms in total. The van der Waals surface area contributed by atoms with Gasteiger partial charge in [-0.25, -0.2) is 9.88 Å². The summed E-state index contributed by atoms with van der Waals surface area (Å²) in [6.45, 7) is 2.04. The van der Waals surface area contributed by atoms with Crippen molar-refractivity contribution in [2.75, 3.05) is 4.90 Å². The van der Waals surface area contributed by atoms with Crippen molar-refractivity contribution in [1.82, 2.24) is 9.88 Å². The Labute approximate surface area is 240 Å². The molecule has 2 aliphatic rings. The first-order chi connectivity index (χ1) is 19.8. The number of non-ortho nitro benzene ring substituents is 1. The molecule has 0 radical (unpaired) electrons. The van der Waals surface area contributed by atoms with Crippen molar-refractivity contribution < 1.29 is 19.3 Å². The molecule has 2 heterocycles. The minimum Gasteiger partial charge on any atom is -0.323 e. The number of carbonyl (C=O) groups is 3. The maximum atomic E-state index is 13.8. The van der Waals surface area contributed by atoms with Gasteiger partial charge in [-0.1, -0.05) is 25.3 Å². The molecule has 1 unspecified atom stereocenters. The maximum Gasteiger partial charge on any atom is 0.269 e. The van der Waals surface area contributed by atoms with E-state index in [1.807, 2.05) is 31.2 Å². The van der Waals surface area contributed by atoms with Gasteiger partial charge in [0.25, 0.3) is 17.5 Å². The summed E-state index contributed by atoms with van der Waals surface area (Å²) in [6.07, 6.45) is 4.30. The predicted molar refractivity (Wildman–Crippen MR) is 157 cm³/mol. The number of benzene rings is 3. The summed E-state index contributed by atoms with van der Waals surface area (Å²) >= 11 is 1.59. The van der Waals surface area contributed by atoms with Crippen LogP contribution in [-0.2, 0) is 9.59 Å². The van der Waals surface area contributed by atoms with E-state index >= 15 is 0 Å². The number of nitro benzene ring substituents is 1. The molecule has 1 atom stereocenters. The first-order valence-electron chi connectivity index (χ1n) is 13.7. The van der Waals surface area contributed by atoms with Crippen LogP contribution in [0.1, 0.15) is 54.4 Å². The summed E-state index contributed by atoms with van der Waals surface area (Å²) in [7, 11) is 0. The summed E-state index contributed by atoms with van der Waals surface area (Å²) in [5.74, 6) is -1.18. The number of rotatable bonds is 6. The highest BCUT2D eigenvalue weighted by atomic mass is 32.1. The molecule has 0 N–H and O–H groups in total. The minimum atomic E-state index is -0.930. The molecule has 1 saturated heterocycles. The van der Waals surface area contributed by atoms with Crippen molar-refractivity contribution in [2.24, 2.45) is 0 Å². The molecule has 0 bridgehead atoms. The number of fused-ring (bicyclic) bond motifs is 1. The SMILES string of the molecule is Cc1ccc2nc(-c3ccc(N4C(=O)CC(N(C(=O)c5ccc([N+](=O)[O-])cc5)C5CCCCC5)C4=O)cc3)sc2c1. The number of anilines is 1. The third kappa shape index (κ3) is 5.11. The quantitative estimate of drug-likeness (QED) is 0.154. The smallest absolute Gasteiger partial charge is 0.269 e. The third-order valence-corrected chi connectivity index (χ3v) is 8.97. The summed E-state index contributed by atoms with van der Waals surface area (Å²) in [6, 6.07) is 17.6. The Bertz CT molecular complexity index is 1660. The molecule has 0 spiro atoms. The fraction of sp³-hybridized carbons (Fsp3) is 0.290. The van der Waals surface area contributed by atoms with Crippen LogP contribution in [0.2, 0.25) is 0 Å². The van der Waals surface area contributed by atoms with Gasteiger partial charge >= 0.3 is 0 Å². The van der Waals surface area contributed by atoms with E-state index in [1.165, 1.54) is 29.2 Å². The number of amides is 3. The van der Waals surface area contributed by atoms with Crippen LogP contribution in [0.25, 0.3) is 20.8 Å². The van der Waals surface area contributed by atoms with Gasteiger partial charge in [-0.2, -0.15) is 0 Å². The standard InChI is InChI=1S/C31H28N4O5S/c1-19-7-16-25-27(17-19)41-29(32-25)20-8-12-23(13-9-20)34-28(36)18-26(31(34)38)33(22-5-3-2-4-6-22)30(37)21-10-14-24(15-11-21)35(39)40/h7-17,22,26H,2-6,18H2,1H3. The zero-order valence-electron chi connectivity index (χ0n) is 22.5. The Kier molecular flexibility index (Phi) is 7.08. The van der Waals surface area contributed by atoms with Crippen LogP contribution in [0.5, 0.6) is 0 Å². The van der Waals surface area contributed by atoms with Crippen LogP contribution in [0.4, 0.5) is 11.4 Å². The van der Waals surface area contributed by atoms with Crippen molar-refractivity contribution in [2.45, 2.75) is 57.5 Å². The van der Waals surface area contributed by atoms with E-state index in [0.717, 1.165) is 58.5 Å². The van der Waals surface area contributed by atoms with Crippen LogP contribution in [0.15, 0.2) is 66.7 Å².